The highest BCUT2D eigenvalue weighted by Gasteiger charge is 2.41. The molecule has 1 N–H and O–H groups in total. The van der Waals surface area contributed by atoms with E-state index in [0.717, 1.165) is 32.1 Å². The van der Waals surface area contributed by atoms with Crippen molar-refractivity contribution in [1.29, 1.82) is 0 Å². The first-order valence-corrected chi connectivity index (χ1v) is 17.5. The summed E-state index contributed by atoms with van der Waals surface area (Å²) in [7, 11) is -0.449. The Morgan fingerprint density at radius 2 is 1.81 bits per heavy atom. The van der Waals surface area contributed by atoms with Crippen LogP contribution in [-0.4, -0.2) is 32.6 Å². The van der Waals surface area contributed by atoms with E-state index in [1.807, 2.05) is 0 Å². The monoisotopic (exact) mass is 530 g/mol. The summed E-state index contributed by atoms with van der Waals surface area (Å²) in [5, 5.41) is 11.0. The molecule has 0 bridgehead atoms. The Bertz CT molecular complexity index is 839. The number of aliphatic hydroxyl groups excluding tert-OH is 1. The number of ether oxygens (including phenoxy) is 1. The van der Waals surface area contributed by atoms with E-state index in [2.05, 4.69) is 84.1 Å². The van der Waals surface area contributed by atoms with Crippen molar-refractivity contribution in [2.75, 3.05) is 7.11 Å². The van der Waals surface area contributed by atoms with Crippen molar-refractivity contribution in [3.8, 4) is 0 Å². The zero-order chi connectivity index (χ0) is 27.6. The number of benzene rings is 1. The molecule has 1 saturated carbocycles. The van der Waals surface area contributed by atoms with Gasteiger partial charge in [-0.15, -0.1) is 0 Å². The van der Waals surface area contributed by atoms with E-state index in [1.54, 1.807) is 0 Å². The van der Waals surface area contributed by atoms with Crippen molar-refractivity contribution >= 4 is 14.3 Å². The Kier molecular flexibility index (Phi) is 12.6. The smallest absolute Gasteiger partial charge is 0.305 e. The second-order valence-corrected chi connectivity index (χ2v) is 17.4. The van der Waals surface area contributed by atoms with Crippen molar-refractivity contribution in [2.45, 2.75) is 129 Å². The van der Waals surface area contributed by atoms with Crippen LogP contribution in [0.1, 0.15) is 116 Å². The number of hydrogen-bond acceptors (Lipinski definition) is 4. The average molecular weight is 531 g/mol. The molecule has 5 heteroatoms. The van der Waals surface area contributed by atoms with Gasteiger partial charge in [0.1, 0.15) is 0 Å². The van der Waals surface area contributed by atoms with Gasteiger partial charge in [0.05, 0.1) is 19.3 Å². The predicted octanol–water partition coefficient (Wildman–Crippen LogP) is 8.72. The number of rotatable bonds is 14. The van der Waals surface area contributed by atoms with Crippen molar-refractivity contribution in [3.63, 3.8) is 0 Å². The SMILES string of the molecule is CCCCCC(O[Si](C)(C)C(C)(C)C)c1ccc([C@@H]2[C@@H](C/C=C\CCCC(=O)OC)[C@H](O)C[C@H]2C)cc1. The molecule has 0 radical (unpaired) electrons. The van der Waals surface area contributed by atoms with Crippen LogP contribution < -0.4 is 0 Å². The second-order valence-electron chi connectivity index (χ2n) is 12.7. The molecule has 1 fully saturated rings. The normalized spacial score (nSPS) is 23.5. The van der Waals surface area contributed by atoms with Crippen LogP contribution in [0.15, 0.2) is 36.4 Å². The van der Waals surface area contributed by atoms with Gasteiger partial charge in [-0.2, -0.15) is 0 Å². The van der Waals surface area contributed by atoms with Crippen molar-refractivity contribution in [3.05, 3.63) is 47.5 Å². The highest BCUT2D eigenvalue weighted by Crippen LogP contribution is 2.46. The number of allylic oxidation sites excluding steroid dienone is 2. The molecule has 5 atom stereocenters. The molecule has 0 saturated heterocycles. The third-order valence-electron chi connectivity index (χ3n) is 8.74. The molecule has 0 aliphatic heterocycles. The Hall–Kier alpha value is -1.43. The quantitative estimate of drug-likeness (QED) is 0.113. The van der Waals surface area contributed by atoms with E-state index in [0.29, 0.717) is 18.3 Å². The maximum Gasteiger partial charge on any atom is 0.305 e. The Balaban J connectivity index is 2.13. The first-order chi connectivity index (χ1) is 17.4. The van der Waals surface area contributed by atoms with Gasteiger partial charge < -0.3 is 14.3 Å². The Morgan fingerprint density at radius 1 is 1.14 bits per heavy atom. The van der Waals surface area contributed by atoms with Crippen molar-refractivity contribution < 1.29 is 19.1 Å². The number of carbonyl (C=O) groups excluding carboxylic acids is 1. The van der Waals surface area contributed by atoms with Crippen LogP contribution in [0.3, 0.4) is 0 Å². The second kappa shape index (κ2) is 14.6. The molecular weight excluding hydrogens is 476 g/mol. The van der Waals surface area contributed by atoms with Crippen LogP contribution in [0, 0.1) is 11.8 Å². The number of methoxy groups -OCH3 is 1. The molecule has 1 unspecified atom stereocenters. The summed E-state index contributed by atoms with van der Waals surface area (Å²) in [6.07, 6.45) is 12.8. The van der Waals surface area contributed by atoms with Crippen molar-refractivity contribution in [2.24, 2.45) is 11.8 Å². The molecule has 1 aromatic rings. The molecule has 0 spiro atoms. The summed E-state index contributed by atoms with van der Waals surface area (Å²) in [5.41, 5.74) is 2.62. The zero-order valence-electron chi connectivity index (χ0n) is 24.9. The minimum absolute atomic E-state index is 0.150. The van der Waals surface area contributed by atoms with Gasteiger partial charge in [-0.1, -0.05) is 90.3 Å². The zero-order valence-corrected chi connectivity index (χ0v) is 25.9. The maximum atomic E-state index is 11.3. The Labute approximate surface area is 228 Å². The van der Waals surface area contributed by atoms with E-state index < -0.39 is 8.32 Å². The van der Waals surface area contributed by atoms with Gasteiger partial charge in [0, 0.05) is 6.42 Å². The van der Waals surface area contributed by atoms with Gasteiger partial charge in [-0.3, -0.25) is 4.79 Å². The number of esters is 1. The van der Waals surface area contributed by atoms with Crippen molar-refractivity contribution in [1.82, 2.24) is 0 Å². The van der Waals surface area contributed by atoms with Gasteiger partial charge in [-0.05, 0) is 79.1 Å². The highest BCUT2D eigenvalue weighted by molar-refractivity contribution is 6.74. The van der Waals surface area contributed by atoms with E-state index in [9.17, 15) is 9.90 Å². The summed E-state index contributed by atoms with van der Waals surface area (Å²) in [5.74, 6) is 0.867. The van der Waals surface area contributed by atoms with Gasteiger partial charge >= 0.3 is 5.97 Å². The van der Waals surface area contributed by atoms with Crippen LogP contribution in [-0.2, 0) is 14.0 Å². The predicted molar refractivity (Wildman–Crippen MR) is 157 cm³/mol. The van der Waals surface area contributed by atoms with Gasteiger partial charge in [0.15, 0.2) is 8.32 Å². The largest absolute Gasteiger partial charge is 0.469 e. The summed E-state index contributed by atoms with van der Waals surface area (Å²) < 4.78 is 11.6. The topological polar surface area (TPSA) is 55.8 Å². The van der Waals surface area contributed by atoms with E-state index in [1.165, 1.54) is 37.5 Å². The number of carbonyl (C=O) groups is 1. The van der Waals surface area contributed by atoms with Crippen LogP contribution in [0.5, 0.6) is 0 Å². The third kappa shape index (κ3) is 9.37. The van der Waals surface area contributed by atoms with Crippen LogP contribution >= 0.6 is 0 Å². The standard InChI is InChI=1S/C32H54O4Si/c1-9-10-13-17-29(36-37(7,8)32(3,4)5)25-19-21-26(22-20-25)31-24(2)23-28(33)27(31)16-14-11-12-15-18-30(34)35-6/h11,14,19-22,24,27-29,31,33H,9-10,12-13,15-18,23H2,1-8H3/b14-11-/t24-,27+,28-,29?,31-/m1/s1. The van der Waals surface area contributed by atoms with Gasteiger partial charge in [-0.25, -0.2) is 0 Å². The lowest BCUT2D eigenvalue weighted by molar-refractivity contribution is -0.140. The van der Waals surface area contributed by atoms with Gasteiger partial charge in [0.2, 0.25) is 0 Å². The molecule has 210 valence electrons. The molecule has 1 aliphatic rings. The van der Waals surface area contributed by atoms with Crippen LogP contribution in [0.25, 0.3) is 0 Å². The lowest BCUT2D eigenvalue weighted by Gasteiger charge is -2.39. The fourth-order valence-corrected chi connectivity index (χ4v) is 6.74. The summed E-state index contributed by atoms with van der Waals surface area (Å²) in [6, 6.07) is 9.17. The molecule has 0 aromatic heterocycles. The molecule has 0 heterocycles. The number of aliphatic hydroxyl groups is 1. The minimum atomic E-state index is -1.88. The Morgan fingerprint density at radius 3 is 2.41 bits per heavy atom. The summed E-state index contributed by atoms with van der Waals surface area (Å²) in [4.78, 5) is 11.3. The molecule has 1 aliphatic carbocycles. The van der Waals surface area contributed by atoms with Gasteiger partial charge in [0.25, 0.3) is 0 Å². The summed E-state index contributed by atoms with van der Waals surface area (Å²) in [6.45, 7) is 16.2. The summed E-state index contributed by atoms with van der Waals surface area (Å²) >= 11 is 0. The first kappa shape index (κ1) is 31.8. The first-order valence-electron chi connectivity index (χ1n) is 14.6. The van der Waals surface area contributed by atoms with Crippen LogP contribution in [0.4, 0.5) is 0 Å². The number of unbranched alkanes of at least 4 members (excludes halogenated alkanes) is 3. The molecule has 2 rings (SSSR count). The molecule has 1 aromatic carbocycles. The fraction of sp³-hybridized carbons (Fsp3) is 0.719. The van der Waals surface area contributed by atoms with Crippen LogP contribution in [0.2, 0.25) is 18.1 Å². The third-order valence-corrected chi connectivity index (χ3v) is 13.2. The van der Waals surface area contributed by atoms with E-state index in [-0.39, 0.29) is 29.1 Å². The fourth-order valence-electron chi connectivity index (χ4n) is 5.42. The lowest BCUT2D eigenvalue weighted by Crippen LogP contribution is -2.41. The minimum Gasteiger partial charge on any atom is -0.469 e. The van der Waals surface area contributed by atoms with E-state index >= 15 is 0 Å². The molecule has 4 nitrogen and oxygen atoms in total. The molecule has 0 amide bonds. The maximum absolute atomic E-state index is 11.3. The lowest BCUT2D eigenvalue weighted by atomic mass is 9.81. The van der Waals surface area contributed by atoms with E-state index in [4.69, 9.17) is 9.16 Å². The average Bonchev–Trinajstić information content (AvgIpc) is 3.12. The number of hydrogen-bond donors (Lipinski definition) is 1. The highest BCUT2D eigenvalue weighted by atomic mass is 28.4. The molecular formula is C32H54O4Si. The molecule has 37 heavy (non-hydrogen) atoms.